The van der Waals surface area contributed by atoms with E-state index in [0.29, 0.717) is 5.92 Å². The van der Waals surface area contributed by atoms with Crippen molar-refractivity contribution in [2.24, 2.45) is 16.1 Å². The molecule has 0 radical (unpaired) electrons. The molecule has 3 heterocycles. The monoisotopic (exact) mass is 423 g/mol. The van der Waals surface area contributed by atoms with E-state index in [0.717, 1.165) is 69.1 Å². The topological polar surface area (TPSA) is 98.0 Å². The summed E-state index contributed by atoms with van der Waals surface area (Å²) in [6, 6.07) is 6.61. The van der Waals surface area contributed by atoms with E-state index in [1.807, 2.05) is 6.92 Å². The van der Waals surface area contributed by atoms with Crippen LogP contribution in [0.3, 0.4) is 0 Å². The largest absolute Gasteiger partial charge is 0.341 e. The van der Waals surface area contributed by atoms with Gasteiger partial charge in [0.2, 0.25) is 5.95 Å². The van der Waals surface area contributed by atoms with Gasteiger partial charge in [-0.05, 0) is 50.3 Å². The second-order valence-corrected chi connectivity index (χ2v) is 8.64. The Balaban J connectivity index is 1.22. The van der Waals surface area contributed by atoms with Gasteiger partial charge in [-0.25, -0.2) is 9.97 Å². The Bertz CT molecular complexity index is 878. The molecule has 1 fully saturated rings. The Labute approximate surface area is 184 Å². The molecule has 2 unspecified atom stereocenters. The van der Waals surface area contributed by atoms with Gasteiger partial charge in [0, 0.05) is 43.2 Å². The molecule has 1 aromatic carbocycles. The molecule has 2 aromatic rings. The lowest BCUT2D eigenvalue weighted by Crippen LogP contribution is -2.38. The maximum Gasteiger partial charge on any atom is 0.225 e. The quantitative estimate of drug-likeness (QED) is 0.515. The van der Waals surface area contributed by atoms with Gasteiger partial charge in [-0.3, -0.25) is 0 Å². The molecule has 3 N–H and O–H groups in total. The van der Waals surface area contributed by atoms with E-state index in [-0.39, 0.29) is 12.1 Å². The van der Waals surface area contributed by atoms with Gasteiger partial charge in [0.15, 0.2) is 0 Å². The zero-order chi connectivity index (χ0) is 21.6. The molecular weight excluding hydrogens is 390 g/mol. The van der Waals surface area contributed by atoms with Gasteiger partial charge in [-0.1, -0.05) is 25.5 Å². The molecule has 31 heavy (non-hydrogen) atoms. The molecule has 2 atom stereocenters. The van der Waals surface area contributed by atoms with Crippen molar-refractivity contribution >= 4 is 11.6 Å². The number of fused-ring (bicyclic) bond motifs is 1. The summed E-state index contributed by atoms with van der Waals surface area (Å²) in [4.78, 5) is 11.2. The fourth-order valence-electron chi connectivity index (χ4n) is 4.30. The summed E-state index contributed by atoms with van der Waals surface area (Å²) in [7, 11) is 0. The third-order valence-electron chi connectivity index (χ3n) is 6.33. The van der Waals surface area contributed by atoms with Crippen molar-refractivity contribution < 1.29 is 5.21 Å². The number of rotatable bonds is 9. The van der Waals surface area contributed by atoms with Crippen LogP contribution in [0.4, 0.5) is 11.6 Å². The van der Waals surface area contributed by atoms with Crippen LogP contribution in [0.15, 0.2) is 40.8 Å². The Morgan fingerprint density at radius 2 is 1.97 bits per heavy atom. The molecule has 2 aliphatic heterocycles. The van der Waals surface area contributed by atoms with Crippen molar-refractivity contribution in [3.8, 4) is 0 Å². The van der Waals surface area contributed by atoms with E-state index in [9.17, 15) is 0 Å². The Kier molecular flexibility index (Phi) is 7.21. The zero-order valence-electron chi connectivity index (χ0n) is 18.5. The lowest BCUT2D eigenvalue weighted by atomic mass is 9.96. The number of azo groups is 1. The van der Waals surface area contributed by atoms with Crippen LogP contribution >= 0.6 is 0 Å². The van der Waals surface area contributed by atoms with Crippen LogP contribution in [0, 0.1) is 5.92 Å². The minimum atomic E-state index is -0.169. The zero-order valence-corrected chi connectivity index (χ0v) is 18.5. The van der Waals surface area contributed by atoms with E-state index in [1.54, 1.807) is 12.4 Å². The van der Waals surface area contributed by atoms with Crippen molar-refractivity contribution in [3.63, 3.8) is 0 Å². The van der Waals surface area contributed by atoms with Crippen LogP contribution in [-0.2, 0) is 6.54 Å². The highest BCUT2D eigenvalue weighted by Crippen LogP contribution is 2.38. The average Bonchev–Trinajstić information content (AvgIpc) is 3.21. The number of hydroxylamine groups is 1. The minimum Gasteiger partial charge on any atom is -0.341 e. The van der Waals surface area contributed by atoms with Gasteiger partial charge in [-0.15, -0.1) is 0 Å². The third kappa shape index (κ3) is 5.26. The van der Waals surface area contributed by atoms with Crippen molar-refractivity contribution in [3.05, 3.63) is 47.3 Å². The first-order chi connectivity index (χ1) is 15.2. The molecule has 0 bridgehead atoms. The predicted molar refractivity (Wildman–Crippen MR) is 121 cm³/mol. The smallest absolute Gasteiger partial charge is 0.225 e. The molecule has 0 saturated carbocycles. The molecule has 2 aliphatic rings. The van der Waals surface area contributed by atoms with Crippen LogP contribution in [0.25, 0.3) is 0 Å². The fourth-order valence-corrected chi connectivity index (χ4v) is 4.30. The van der Waals surface area contributed by atoms with Crippen molar-refractivity contribution in [2.75, 3.05) is 24.5 Å². The van der Waals surface area contributed by atoms with Crippen LogP contribution in [0.5, 0.6) is 0 Å². The summed E-state index contributed by atoms with van der Waals surface area (Å²) in [6.07, 6.45) is 8.02. The summed E-state index contributed by atoms with van der Waals surface area (Å²) in [5, 5.41) is 21.4. The normalized spacial score (nSPS) is 19.6. The number of hydrogen-bond donors (Lipinski definition) is 3. The average molecular weight is 424 g/mol. The van der Waals surface area contributed by atoms with Crippen LogP contribution in [0.1, 0.15) is 68.3 Å². The third-order valence-corrected chi connectivity index (χ3v) is 6.33. The minimum absolute atomic E-state index is 0.169. The van der Waals surface area contributed by atoms with E-state index in [1.165, 1.54) is 11.1 Å². The van der Waals surface area contributed by atoms with Gasteiger partial charge < -0.3 is 15.4 Å². The molecule has 1 aromatic heterocycles. The second kappa shape index (κ2) is 10.3. The summed E-state index contributed by atoms with van der Waals surface area (Å²) in [5.41, 5.74) is 6.73. The maximum atomic E-state index is 9.02. The first-order valence-electron chi connectivity index (χ1n) is 11.4. The number of aromatic nitrogens is 2. The van der Waals surface area contributed by atoms with E-state index in [4.69, 9.17) is 5.21 Å². The molecular formula is C23H33N7O. The van der Waals surface area contributed by atoms with Crippen molar-refractivity contribution in [1.82, 2.24) is 20.8 Å². The second-order valence-electron chi connectivity index (χ2n) is 8.64. The molecule has 0 amide bonds. The fraction of sp³-hybridized carbons (Fsp3) is 0.565. The summed E-state index contributed by atoms with van der Waals surface area (Å²) in [5.74, 6) is 1.44. The standard InChI is InChI=1S/C23H33N7O/c1-3-4-21-20-11-18(5-6-22(20)28-27-21)13-24-12-17-7-9-30(10-8-17)23-25-14-19(15-26-23)16(2)29-31/h5-6,11,14-17,21,24,29,31H,3-4,7-10,12-13H2,1-2H3. The predicted octanol–water partition coefficient (Wildman–Crippen LogP) is 4.46. The molecule has 8 heteroatoms. The first-order valence-corrected chi connectivity index (χ1v) is 11.4. The number of nitrogens with one attached hydrogen (secondary N) is 2. The van der Waals surface area contributed by atoms with E-state index in [2.05, 4.69) is 61.0 Å². The molecule has 4 rings (SSSR count). The lowest BCUT2D eigenvalue weighted by molar-refractivity contribution is 0.133. The number of piperidine rings is 1. The summed E-state index contributed by atoms with van der Waals surface area (Å²) in [6.45, 7) is 7.92. The Morgan fingerprint density at radius 3 is 2.68 bits per heavy atom. The van der Waals surface area contributed by atoms with Crippen molar-refractivity contribution in [2.45, 2.75) is 58.2 Å². The van der Waals surface area contributed by atoms with Crippen molar-refractivity contribution in [1.29, 1.82) is 0 Å². The molecule has 8 nitrogen and oxygen atoms in total. The summed E-state index contributed by atoms with van der Waals surface area (Å²) >= 11 is 0. The Hall–Kier alpha value is -2.42. The van der Waals surface area contributed by atoms with Crippen LogP contribution in [-0.4, -0.2) is 34.8 Å². The maximum absolute atomic E-state index is 9.02. The van der Waals surface area contributed by atoms with Crippen LogP contribution in [0.2, 0.25) is 0 Å². The van der Waals surface area contributed by atoms with E-state index >= 15 is 0 Å². The number of anilines is 1. The SMILES string of the molecule is CCCC1N=Nc2ccc(CNCC3CCN(c4ncc(C(C)NO)cn4)CC3)cc21. The Morgan fingerprint density at radius 1 is 1.19 bits per heavy atom. The molecule has 1 saturated heterocycles. The highest BCUT2D eigenvalue weighted by atomic mass is 16.5. The lowest BCUT2D eigenvalue weighted by Gasteiger charge is -2.32. The van der Waals surface area contributed by atoms with Gasteiger partial charge in [0.05, 0.1) is 17.8 Å². The van der Waals surface area contributed by atoms with Gasteiger partial charge >= 0.3 is 0 Å². The highest BCUT2D eigenvalue weighted by molar-refractivity contribution is 5.51. The van der Waals surface area contributed by atoms with E-state index < -0.39 is 0 Å². The molecule has 0 aliphatic carbocycles. The number of hydrogen-bond acceptors (Lipinski definition) is 8. The van der Waals surface area contributed by atoms with Gasteiger partial charge in [-0.2, -0.15) is 15.7 Å². The molecule has 0 spiro atoms. The molecule has 166 valence electrons. The first kappa shape index (κ1) is 21.8. The van der Waals surface area contributed by atoms with Gasteiger partial charge in [0.1, 0.15) is 0 Å². The number of nitrogens with zero attached hydrogens (tertiary/aromatic N) is 5. The van der Waals surface area contributed by atoms with Crippen LogP contribution < -0.4 is 15.7 Å². The number of benzene rings is 1. The highest BCUT2D eigenvalue weighted by Gasteiger charge is 2.22. The summed E-state index contributed by atoms with van der Waals surface area (Å²) < 4.78 is 0. The van der Waals surface area contributed by atoms with Gasteiger partial charge in [0.25, 0.3) is 0 Å².